The van der Waals surface area contributed by atoms with E-state index in [-0.39, 0.29) is 6.04 Å². The Morgan fingerprint density at radius 3 is 2.19 bits per heavy atom. The van der Waals surface area contributed by atoms with Crippen LogP contribution >= 0.6 is 0 Å². The molecule has 0 radical (unpaired) electrons. The summed E-state index contributed by atoms with van der Waals surface area (Å²) in [6, 6.07) is 18.6. The lowest BCUT2D eigenvalue weighted by molar-refractivity contribution is 0.451. The van der Waals surface area contributed by atoms with Gasteiger partial charge >= 0.3 is 0 Å². The van der Waals surface area contributed by atoms with Gasteiger partial charge in [-0.05, 0) is 30.2 Å². The molecule has 21 heavy (non-hydrogen) atoms. The number of hydrogen-bond donors (Lipinski definition) is 1. The second kappa shape index (κ2) is 5.79. The third-order valence-corrected chi connectivity index (χ3v) is 3.29. The lowest BCUT2D eigenvalue weighted by atomic mass is 10.1. The molecule has 0 fully saturated rings. The van der Waals surface area contributed by atoms with E-state index in [9.17, 15) is 0 Å². The first kappa shape index (κ1) is 13.4. The highest BCUT2D eigenvalue weighted by Gasteiger charge is 2.12. The molecule has 1 aromatic heterocycles. The van der Waals surface area contributed by atoms with E-state index in [0.717, 1.165) is 5.69 Å². The molecular weight excluding hydrogens is 262 g/mol. The summed E-state index contributed by atoms with van der Waals surface area (Å²) in [4.78, 5) is 0. The van der Waals surface area contributed by atoms with Gasteiger partial charge in [0.1, 0.15) is 6.04 Å². The molecule has 1 atom stereocenters. The Kier molecular flexibility index (Phi) is 3.69. The van der Waals surface area contributed by atoms with Gasteiger partial charge in [0.25, 0.3) is 0 Å². The topological polar surface area (TPSA) is 51.0 Å². The van der Waals surface area contributed by atoms with Crippen LogP contribution in [0.25, 0.3) is 11.1 Å². The van der Waals surface area contributed by atoms with Crippen LogP contribution in [-0.2, 0) is 0 Å². The molecule has 2 aromatic carbocycles. The van der Waals surface area contributed by atoms with E-state index in [0.29, 0.717) is 11.8 Å². The molecular formula is C17H17N3O. The van der Waals surface area contributed by atoms with Gasteiger partial charge in [0.2, 0.25) is 11.8 Å². The van der Waals surface area contributed by atoms with E-state index in [1.54, 1.807) is 6.92 Å². The Morgan fingerprint density at radius 1 is 0.905 bits per heavy atom. The predicted octanol–water partition coefficient (Wildman–Crippen LogP) is 4.22. The van der Waals surface area contributed by atoms with Gasteiger partial charge in [-0.25, -0.2) is 0 Å². The van der Waals surface area contributed by atoms with Crippen LogP contribution in [0.15, 0.2) is 59.0 Å². The molecule has 0 unspecified atom stereocenters. The van der Waals surface area contributed by atoms with E-state index in [1.807, 2.05) is 25.1 Å². The number of aromatic nitrogens is 2. The minimum Gasteiger partial charge on any atom is -0.423 e. The van der Waals surface area contributed by atoms with Crippen molar-refractivity contribution >= 4 is 5.69 Å². The summed E-state index contributed by atoms with van der Waals surface area (Å²) in [5.41, 5.74) is 3.44. The molecule has 0 aliphatic heterocycles. The summed E-state index contributed by atoms with van der Waals surface area (Å²) < 4.78 is 5.43. The second-order valence-corrected chi connectivity index (χ2v) is 4.97. The number of anilines is 1. The lowest BCUT2D eigenvalue weighted by Gasteiger charge is -2.12. The first-order valence-electron chi connectivity index (χ1n) is 6.94. The van der Waals surface area contributed by atoms with Crippen LogP contribution in [0.3, 0.4) is 0 Å². The SMILES string of the molecule is Cc1nnc([C@@H](C)Nc2ccc(-c3ccccc3)cc2)o1. The monoisotopic (exact) mass is 279 g/mol. The number of nitrogens with zero attached hydrogens (tertiary/aromatic N) is 2. The smallest absolute Gasteiger partial charge is 0.238 e. The van der Waals surface area contributed by atoms with Crippen LogP contribution in [0.4, 0.5) is 5.69 Å². The maximum Gasteiger partial charge on any atom is 0.238 e. The number of nitrogens with one attached hydrogen (secondary N) is 1. The molecule has 0 saturated heterocycles. The standard InChI is InChI=1S/C17H17N3O/c1-12(17-20-19-13(2)21-17)18-16-10-8-15(9-11-16)14-6-4-3-5-7-14/h3-12,18H,1-2H3/t12-/m1/s1. The van der Waals surface area contributed by atoms with E-state index in [1.165, 1.54) is 11.1 Å². The molecule has 106 valence electrons. The average Bonchev–Trinajstić information content (AvgIpc) is 2.96. The fraction of sp³-hybridized carbons (Fsp3) is 0.176. The highest BCUT2D eigenvalue weighted by Crippen LogP contribution is 2.23. The van der Waals surface area contributed by atoms with Crippen molar-refractivity contribution in [3.05, 3.63) is 66.4 Å². The van der Waals surface area contributed by atoms with E-state index in [2.05, 4.69) is 51.9 Å². The number of benzene rings is 2. The fourth-order valence-corrected chi connectivity index (χ4v) is 2.19. The summed E-state index contributed by atoms with van der Waals surface area (Å²) in [6.07, 6.45) is 0. The van der Waals surface area contributed by atoms with Crippen LogP contribution in [0.5, 0.6) is 0 Å². The van der Waals surface area contributed by atoms with Crippen molar-refractivity contribution in [2.75, 3.05) is 5.32 Å². The summed E-state index contributed by atoms with van der Waals surface area (Å²) in [5.74, 6) is 1.18. The van der Waals surface area contributed by atoms with Crippen LogP contribution in [0.1, 0.15) is 24.7 Å². The zero-order valence-corrected chi connectivity index (χ0v) is 12.1. The van der Waals surface area contributed by atoms with Gasteiger partial charge in [-0.2, -0.15) is 0 Å². The number of aryl methyl sites for hydroxylation is 1. The highest BCUT2D eigenvalue weighted by atomic mass is 16.4. The zero-order chi connectivity index (χ0) is 14.7. The summed E-state index contributed by atoms with van der Waals surface area (Å²) in [5, 5.41) is 11.2. The summed E-state index contributed by atoms with van der Waals surface area (Å²) in [7, 11) is 0. The molecule has 0 saturated carbocycles. The normalized spacial score (nSPS) is 12.1. The molecule has 0 aliphatic carbocycles. The van der Waals surface area contributed by atoms with Gasteiger partial charge in [0.05, 0.1) is 0 Å². The largest absolute Gasteiger partial charge is 0.423 e. The highest BCUT2D eigenvalue weighted by molar-refractivity contribution is 5.65. The summed E-state index contributed by atoms with van der Waals surface area (Å²) >= 11 is 0. The van der Waals surface area contributed by atoms with Crippen molar-refractivity contribution in [3.63, 3.8) is 0 Å². The molecule has 3 aromatic rings. The van der Waals surface area contributed by atoms with Gasteiger partial charge in [-0.1, -0.05) is 42.5 Å². The maximum atomic E-state index is 5.43. The van der Waals surface area contributed by atoms with E-state index >= 15 is 0 Å². The van der Waals surface area contributed by atoms with E-state index < -0.39 is 0 Å². The predicted molar refractivity (Wildman–Crippen MR) is 83.0 cm³/mol. The van der Waals surface area contributed by atoms with Crippen LogP contribution in [0.2, 0.25) is 0 Å². The van der Waals surface area contributed by atoms with Crippen LogP contribution in [0, 0.1) is 6.92 Å². The zero-order valence-electron chi connectivity index (χ0n) is 12.1. The first-order chi connectivity index (χ1) is 10.2. The molecule has 3 rings (SSSR count). The van der Waals surface area contributed by atoms with Crippen molar-refractivity contribution in [2.45, 2.75) is 19.9 Å². The van der Waals surface area contributed by atoms with Crippen molar-refractivity contribution in [1.82, 2.24) is 10.2 Å². The molecule has 4 heteroatoms. The van der Waals surface area contributed by atoms with Crippen molar-refractivity contribution in [3.8, 4) is 11.1 Å². The minimum absolute atomic E-state index is 0.0197. The number of rotatable bonds is 4. The van der Waals surface area contributed by atoms with Gasteiger partial charge < -0.3 is 9.73 Å². The first-order valence-corrected chi connectivity index (χ1v) is 6.94. The Hall–Kier alpha value is -2.62. The molecule has 1 heterocycles. The lowest BCUT2D eigenvalue weighted by Crippen LogP contribution is -2.06. The molecule has 0 bridgehead atoms. The second-order valence-electron chi connectivity index (χ2n) is 4.97. The Morgan fingerprint density at radius 2 is 1.57 bits per heavy atom. The number of hydrogen-bond acceptors (Lipinski definition) is 4. The van der Waals surface area contributed by atoms with Gasteiger partial charge in [0.15, 0.2) is 0 Å². The fourth-order valence-electron chi connectivity index (χ4n) is 2.19. The third kappa shape index (κ3) is 3.11. The Labute approximate surface area is 123 Å². The molecule has 4 nitrogen and oxygen atoms in total. The van der Waals surface area contributed by atoms with Gasteiger partial charge in [-0.15, -0.1) is 10.2 Å². The van der Waals surface area contributed by atoms with Crippen molar-refractivity contribution in [2.24, 2.45) is 0 Å². The van der Waals surface area contributed by atoms with Crippen molar-refractivity contribution < 1.29 is 4.42 Å². The quantitative estimate of drug-likeness (QED) is 0.777. The maximum absolute atomic E-state index is 5.43. The Balaban J connectivity index is 1.73. The minimum atomic E-state index is -0.0197. The van der Waals surface area contributed by atoms with Crippen LogP contribution < -0.4 is 5.32 Å². The van der Waals surface area contributed by atoms with Crippen molar-refractivity contribution in [1.29, 1.82) is 0 Å². The summed E-state index contributed by atoms with van der Waals surface area (Å²) in [6.45, 7) is 3.79. The third-order valence-electron chi connectivity index (χ3n) is 3.29. The molecule has 0 spiro atoms. The van der Waals surface area contributed by atoms with Crippen LogP contribution in [-0.4, -0.2) is 10.2 Å². The molecule has 1 N–H and O–H groups in total. The van der Waals surface area contributed by atoms with Gasteiger partial charge in [-0.3, -0.25) is 0 Å². The molecule has 0 aliphatic rings. The van der Waals surface area contributed by atoms with E-state index in [4.69, 9.17) is 4.42 Å². The van der Waals surface area contributed by atoms with Gasteiger partial charge in [0, 0.05) is 12.6 Å². The average molecular weight is 279 g/mol. The molecule has 0 amide bonds. The Bertz CT molecular complexity index is 704.